The Bertz CT molecular complexity index is 3350. The molecule has 0 saturated carbocycles. The number of nitrogens with zero attached hydrogens (tertiary/aromatic N) is 8. The van der Waals surface area contributed by atoms with E-state index >= 15 is 0 Å². The molecule has 4 aromatic carbocycles. The lowest BCUT2D eigenvalue weighted by Gasteiger charge is -2.39. The van der Waals surface area contributed by atoms with Crippen LogP contribution in [0.5, 0.6) is 28.7 Å². The van der Waals surface area contributed by atoms with Gasteiger partial charge in [-0.2, -0.15) is 8.78 Å². The summed E-state index contributed by atoms with van der Waals surface area (Å²) in [5, 5.41) is 0. The number of rotatable bonds is 14. The smallest absolute Gasteiger partial charge is 0.387 e. The quantitative estimate of drug-likeness (QED) is 0.102. The maximum Gasteiger partial charge on any atom is 0.387 e. The number of ether oxygens (including phenoxy) is 5. The summed E-state index contributed by atoms with van der Waals surface area (Å²) in [5.74, 6) is 5.16. The predicted molar refractivity (Wildman–Crippen MR) is 298 cm³/mol. The van der Waals surface area contributed by atoms with Crippen LogP contribution in [-0.4, -0.2) is 120 Å². The van der Waals surface area contributed by atoms with Crippen LogP contribution < -0.4 is 33.5 Å². The maximum absolute atomic E-state index is 13.5. The van der Waals surface area contributed by atoms with Crippen LogP contribution in [0, 0.1) is 10.8 Å². The number of alkyl halides is 2. The largest absolute Gasteiger partial charge is 0.495 e. The highest BCUT2D eigenvalue weighted by atomic mass is 32.2. The van der Waals surface area contributed by atoms with E-state index in [1.807, 2.05) is 36.4 Å². The molecular weight excluding hydrogens is 1010 g/mol. The molecule has 2 aromatic heterocycles. The van der Waals surface area contributed by atoms with E-state index in [9.17, 15) is 17.2 Å². The Morgan fingerprint density at radius 3 is 1.47 bits per heavy atom. The zero-order valence-electron chi connectivity index (χ0n) is 46.7. The number of sulfone groups is 1. The summed E-state index contributed by atoms with van der Waals surface area (Å²) in [6.07, 6.45) is 6.39. The number of likely N-dealkylation sites (N-methyl/N-ethyl adjacent to an activating group) is 2. The van der Waals surface area contributed by atoms with E-state index in [1.165, 1.54) is 20.5 Å². The molecule has 414 valence electrons. The van der Waals surface area contributed by atoms with Gasteiger partial charge in [0.05, 0.1) is 39.4 Å². The molecule has 2 aliphatic heterocycles. The molecular formula is C60H72F2N8O7S. The third-order valence-electron chi connectivity index (χ3n) is 15.8. The van der Waals surface area contributed by atoms with Crippen molar-refractivity contribution >= 4 is 21.5 Å². The second-order valence-corrected chi connectivity index (χ2v) is 25.2. The van der Waals surface area contributed by atoms with Gasteiger partial charge in [0.1, 0.15) is 58.6 Å². The minimum absolute atomic E-state index is 0.0272. The Hall–Kier alpha value is -6.63. The number of anilines is 2. The molecule has 10 rings (SSSR count). The van der Waals surface area contributed by atoms with Crippen molar-refractivity contribution in [2.24, 2.45) is 10.8 Å². The molecule has 0 radical (unpaired) electrons. The van der Waals surface area contributed by atoms with E-state index < -0.39 is 16.4 Å². The second kappa shape index (κ2) is 21.5. The minimum Gasteiger partial charge on any atom is -0.495 e. The van der Waals surface area contributed by atoms with Gasteiger partial charge in [0.2, 0.25) is 0 Å². The first kappa shape index (κ1) is 54.7. The fraction of sp³-hybridized carbons (Fsp3) is 0.467. The lowest BCUT2D eigenvalue weighted by Crippen LogP contribution is -2.39. The van der Waals surface area contributed by atoms with E-state index in [2.05, 4.69) is 87.6 Å². The molecule has 0 spiro atoms. The first-order chi connectivity index (χ1) is 37.1. The molecule has 2 atom stereocenters. The topological polar surface area (TPSA) is 145 Å². The zero-order chi connectivity index (χ0) is 55.4. The van der Waals surface area contributed by atoms with Crippen LogP contribution in [0.25, 0.3) is 22.3 Å². The van der Waals surface area contributed by atoms with Crippen molar-refractivity contribution < 1.29 is 40.9 Å². The fourth-order valence-electron chi connectivity index (χ4n) is 11.7. The lowest BCUT2D eigenvalue weighted by molar-refractivity contribution is -0.0511. The Morgan fingerprint density at radius 1 is 0.603 bits per heavy atom. The number of methoxy groups -OCH3 is 2. The van der Waals surface area contributed by atoms with E-state index in [4.69, 9.17) is 43.6 Å². The van der Waals surface area contributed by atoms with Gasteiger partial charge >= 0.3 is 6.61 Å². The average Bonchev–Trinajstić information content (AvgIpc) is 3.92. The minimum atomic E-state index is -3.57. The third-order valence-corrected chi connectivity index (χ3v) is 16.9. The molecule has 0 amide bonds. The number of fused-ring (bicyclic) bond motifs is 4. The average molecular weight is 1090 g/mol. The Labute approximate surface area is 457 Å². The number of hydrogen-bond acceptors (Lipinski definition) is 15. The van der Waals surface area contributed by atoms with Gasteiger partial charge in [-0.15, -0.1) is 0 Å². The molecule has 15 nitrogen and oxygen atoms in total. The van der Waals surface area contributed by atoms with Crippen LogP contribution in [0.4, 0.5) is 20.4 Å². The molecule has 4 aliphatic rings. The Morgan fingerprint density at radius 2 is 1.04 bits per heavy atom. The van der Waals surface area contributed by atoms with Gasteiger partial charge in [0.15, 0.2) is 21.3 Å². The normalized spacial score (nSPS) is 17.6. The SMILES string of the molecule is COc1ccc(-c2ccc3c(c2)CN(c2nc(C(C(c4nc5c(c(N6CCOc7ccc(-c8ccc(OC)c(S(C)(=O)=O)c8)cc7C6)n4)CC(C)(C)CC5)N(C)C)N(C)C)nc4c2CC(C)(C)CC4)CCO3)cc1OC(F)F. The van der Waals surface area contributed by atoms with Crippen LogP contribution in [0.1, 0.15) is 97.9 Å². The molecule has 0 bridgehead atoms. The van der Waals surface area contributed by atoms with Gasteiger partial charge < -0.3 is 33.5 Å². The van der Waals surface area contributed by atoms with Gasteiger partial charge in [-0.25, -0.2) is 28.4 Å². The summed E-state index contributed by atoms with van der Waals surface area (Å²) in [5.41, 5.74) is 9.49. The molecule has 2 unspecified atom stereocenters. The molecule has 0 fully saturated rings. The van der Waals surface area contributed by atoms with E-state index in [0.717, 1.165) is 112 Å². The molecule has 6 aromatic rings. The monoisotopic (exact) mass is 1090 g/mol. The Kier molecular flexibility index (Phi) is 15.1. The highest BCUT2D eigenvalue weighted by Crippen LogP contribution is 2.45. The standard InChI is InChI=1S/C60H72F2N8O7S/c1-59(2)22-20-44-42(32-59)56(69-24-26-75-46-16-12-36(28-40(46)34-69)38-14-18-48(73-9)50(30-38)77-58(61)62)65-54(63-44)52(67(5)6)53(68(7)8)55-64-45-21-23-60(3,4)33-43(45)57(66-55)70-25-27-76-47-17-13-37(29-41(47)35-70)39-15-19-49(74-10)51(31-39)78(11,71)72/h12-19,28-31,52-53,58H,20-27,32-35H2,1-11H3. The van der Waals surface area contributed by atoms with Crippen molar-refractivity contribution in [3.8, 4) is 51.0 Å². The summed E-state index contributed by atoms with van der Waals surface area (Å²) in [4.78, 5) is 31.6. The fourth-order valence-corrected chi connectivity index (χ4v) is 12.5. The van der Waals surface area contributed by atoms with E-state index in [-0.39, 0.29) is 39.3 Å². The number of benzene rings is 4. The number of aryl methyl sites for hydroxylation is 2. The zero-order valence-corrected chi connectivity index (χ0v) is 47.6. The van der Waals surface area contributed by atoms with Crippen molar-refractivity contribution in [3.63, 3.8) is 0 Å². The van der Waals surface area contributed by atoms with Crippen molar-refractivity contribution in [2.45, 2.75) is 103 Å². The number of hydrogen-bond donors (Lipinski definition) is 0. The summed E-state index contributed by atoms with van der Waals surface area (Å²) in [6, 6.07) is 21.5. The summed E-state index contributed by atoms with van der Waals surface area (Å²) in [6.45, 7) is 9.28. The van der Waals surface area contributed by atoms with E-state index in [1.54, 1.807) is 24.3 Å². The van der Waals surface area contributed by atoms with Crippen LogP contribution in [0.2, 0.25) is 0 Å². The molecule has 18 heteroatoms. The van der Waals surface area contributed by atoms with Gasteiger partial charge in [-0.05, 0) is 148 Å². The van der Waals surface area contributed by atoms with E-state index in [0.29, 0.717) is 62.4 Å². The molecule has 78 heavy (non-hydrogen) atoms. The number of halogens is 2. The van der Waals surface area contributed by atoms with Crippen molar-refractivity contribution in [1.82, 2.24) is 29.7 Å². The van der Waals surface area contributed by atoms with Crippen molar-refractivity contribution in [1.29, 1.82) is 0 Å². The van der Waals surface area contributed by atoms with Crippen LogP contribution >= 0.6 is 0 Å². The Balaban J connectivity index is 1.04. The first-order valence-electron chi connectivity index (χ1n) is 26.7. The van der Waals surface area contributed by atoms with Gasteiger partial charge in [-0.3, -0.25) is 9.80 Å². The second-order valence-electron chi connectivity index (χ2n) is 23.2. The first-order valence-corrected chi connectivity index (χ1v) is 28.6. The lowest BCUT2D eigenvalue weighted by atomic mass is 9.75. The predicted octanol–water partition coefficient (Wildman–Crippen LogP) is 10.4. The van der Waals surface area contributed by atoms with Crippen molar-refractivity contribution in [2.75, 3.05) is 84.8 Å². The van der Waals surface area contributed by atoms with Crippen molar-refractivity contribution in [3.05, 3.63) is 118 Å². The van der Waals surface area contributed by atoms with Gasteiger partial charge in [0, 0.05) is 53.0 Å². The van der Waals surface area contributed by atoms with Crippen LogP contribution in [0.3, 0.4) is 0 Å². The third kappa shape index (κ3) is 11.3. The van der Waals surface area contributed by atoms with Crippen LogP contribution in [-0.2, 0) is 48.6 Å². The highest BCUT2D eigenvalue weighted by molar-refractivity contribution is 7.90. The molecule has 0 saturated heterocycles. The molecule has 2 aliphatic carbocycles. The summed E-state index contributed by atoms with van der Waals surface area (Å²) >= 11 is 0. The van der Waals surface area contributed by atoms with Gasteiger partial charge in [-0.1, -0.05) is 52.0 Å². The van der Waals surface area contributed by atoms with Crippen LogP contribution in [0.15, 0.2) is 77.7 Å². The highest BCUT2D eigenvalue weighted by Gasteiger charge is 2.40. The molecule has 4 heterocycles. The summed E-state index contributed by atoms with van der Waals surface area (Å²) in [7, 11) is 7.64. The summed E-state index contributed by atoms with van der Waals surface area (Å²) < 4.78 is 81.2. The number of aromatic nitrogens is 4. The van der Waals surface area contributed by atoms with Gasteiger partial charge in [0.25, 0.3) is 0 Å². The molecule has 0 N–H and O–H groups in total. The maximum atomic E-state index is 13.5.